The van der Waals surface area contributed by atoms with E-state index < -0.39 is 5.60 Å². The van der Waals surface area contributed by atoms with E-state index in [0.29, 0.717) is 0 Å². The van der Waals surface area contributed by atoms with Gasteiger partial charge >= 0.3 is 0 Å². The Kier molecular flexibility index (Phi) is 3.30. The Morgan fingerprint density at radius 3 is 1.86 bits per heavy atom. The second kappa shape index (κ2) is 3.84. The van der Waals surface area contributed by atoms with Gasteiger partial charge in [0.15, 0.2) is 0 Å². The van der Waals surface area contributed by atoms with Gasteiger partial charge in [-0.2, -0.15) is 0 Å². The van der Waals surface area contributed by atoms with Crippen molar-refractivity contribution in [3.05, 3.63) is 0 Å². The van der Waals surface area contributed by atoms with Crippen molar-refractivity contribution in [1.29, 1.82) is 0 Å². The highest BCUT2D eigenvalue weighted by Gasteiger charge is 2.42. The predicted molar refractivity (Wildman–Crippen MR) is 61.2 cm³/mol. The maximum Gasteiger partial charge on any atom is 0.0696 e. The topological polar surface area (TPSA) is 20.2 Å². The van der Waals surface area contributed by atoms with Crippen LogP contribution in [0.5, 0.6) is 0 Å². The van der Waals surface area contributed by atoms with E-state index in [1.54, 1.807) is 0 Å². The number of rotatable bonds is 1. The fraction of sp³-hybridized carbons (Fsp3) is 1.00. The van der Waals surface area contributed by atoms with E-state index in [9.17, 15) is 5.11 Å². The number of aliphatic hydroxyl groups is 1. The molecule has 0 aromatic carbocycles. The minimum Gasteiger partial charge on any atom is -0.389 e. The van der Waals surface area contributed by atoms with Crippen molar-refractivity contribution >= 4 is 0 Å². The van der Waals surface area contributed by atoms with Gasteiger partial charge < -0.3 is 5.11 Å². The van der Waals surface area contributed by atoms with Crippen molar-refractivity contribution in [2.45, 2.75) is 65.9 Å². The summed E-state index contributed by atoms with van der Waals surface area (Å²) >= 11 is 0. The summed E-state index contributed by atoms with van der Waals surface area (Å²) in [6, 6.07) is 0. The van der Waals surface area contributed by atoms with Crippen LogP contribution in [0.2, 0.25) is 0 Å². The van der Waals surface area contributed by atoms with Gasteiger partial charge in [0.1, 0.15) is 0 Å². The van der Waals surface area contributed by atoms with E-state index >= 15 is 0 Å². The molecule has 1 aliphatic carbocycles. The van der Waals surface area contributed by atoms with Gasteiger partial charge in [0, 0.05) is 0 Å². The summed E-state index contributed by atoms with van der Waals surface area (Å²) in [6.07, 6.45) is 4.37. The Hall–Kier alpha value is -0.0400. The van der Waals surface area contributed by atoms with Gasteiger partial charge in [0.25, 0.3) is 0 Å². The Morgan fingerprint density at radius 1 is 1.14 bits per heavy atom. The monoisotopic (exact) mass is 198 g/mol. The highest BCUT2D eigenvalue weighted by atomic mass is 16.3. The molecule has 1 nitrogen and oxygen atoms in total. The van der Waals surface area contributed by atoms with Gasteiger partial charge in [-0.15, -0.1) is 0 Å². The molecule has 0 amide bonds. The van der Waals surface area contributed by atoms with Crippen molar-refractivity contribution in [3.8, 4) is 0 Å². The van der Waals surface area contributed by atoms with Gasteiger partial charge in [-0.25, -0.2) is 0 Å². The largest absolute Gasteiger partial charge is 0.389 e. The van der Waals surface area contributed by atoms with Crippen LogP contribution in [-0.2, 0) is 0 Å². The van der Waals surface area contributed by atoms with Crippen LogP contribution >= 0.6 is 0 Å². The lowest BCUT2D eigenvalue weighted by Gasteiger charge is -2.46. The average Bonchev–Trinajstić information content (AvgIpc) is 2.03. The van der Waals surface area contributed by atoms with Crippen molar-refractivity contribution in [1.82, 2.24) is 0 Å². The Morgan fingerprint density at radius 2 is 1.57 bits per heavy atom. The van der Waals surface area contributed by atoms with E-state index in [2.05, 4.69) is 34.6 Å². The Labute approximate surface area is 88.9 Å². The third kappa shape index (κ3) is 2.31. The van der Waals surface area contributed by atoms with Gasteiger partial charge in [-0.1, -0.05) is 34.6 Å². The summed E-state index contributed by atoms with van der Waals surface area (Å²) in [5.41, 5.74) is -0.382. The zero-order chi connectivity index (χ0) is 11.0. The second-order valence-electron chi connectivity index (χ2n) is 6.36. The lowest BCUT2D eigenvalue weighted by atomic mass is 9.64. The fourth-order valence-corrected chi connectivity index (χ4v) is 2.53. The molecule has 0 spiro atoms. The standard InChI is InChI=1S/C13H26O/c1-10(2)11-6-8-13(14,9-7-11)12(3,4)5/h10-11,14H,6-9H2,1-5H3. The van der Waals surface area contributed by atoms with Crippen LogP contribution in [0.25, 0.3) is 0 Å². The molecule has 0 unspecified atom stereocenters. The lowest BCUT2D eigenvalue weighted by molar-refractivity contribution is -0.0961. The average molecular weight is 198 g/mol. The molecule has 1 saturated carbocycles. The molecule has 0 atom stereocenters. The first-order valence-corrected chi connectivity index (χ1v) is 5.99. The lowest BCUT2D eigenvalue weighted by Crippen LogP contribution is -2.46. The molecule has 0 bridgehead atoms. The predicted octanol–water partition coefficient (Wildman–Crippen LogP) is 3.61. The van der Waals surface area contributed by atoms with Gasteiger partial charge in [0.05, 0.1) is 5.60 Å². The third-order valence-electron chi connectivity index (χ3n) is 4.20. The third-order valence-corrected chi connectivity index (χ3v) is 4.20. The summed E-state index contributed by atoms with van der Waals surface area (Å²) in [5, 5.41) is 10.5. The molecule has 1 aliphatic rings. The minimum atomic E-state index is -0.418. The van der Waals surface area contributed by atoms with Crippen LogP contribution < -0.4 is 0 Å². The molecule has 0 aliphatic heterocycles. The first kappa shape index (κ1) is 12.0. The van der Waals surface area contributed by atoms with Crippen molar-refractivity contribution < 1.29 is 5.11 Å². The summed E-state index contributed by atoms with van der Waals surface area (Å²) in [5.74, 6) is 1.61. The molecule has 14 heavy (non-hydrogen) atoms. The van der Waals surface area contributed by atoms with E-state index in [1.807, 2.05) is 0 Å². The Bertz CT molecular complexity index is 180. The molecule has 0 radical (unpaired) electrons. The molecule has 0 heterocycles. The molecule has 1 N–H and O–H groups in total. The summed E-state index contributed by atoms with van der Waals surface area (Å²) in [6.45, 7) is 11.1. The number of hydrogen-bond donors (Lipinski definition) is 1. The van der Waals surface area contributed by atoms with Crippen molar-refractivity contribution in [2.75, 3.05) is 0 Å². The van der Waals surface area contributed by atoms with Crippen LogP contribution in [0.4, 0.5) is 0 Å². The van der Waals surface area contributed by atoms with Gasteiger partial charge in [-0.05, 0) is 42.9 Å². The zero-order valence-corrected chi connectivity index (χ0v) is 10.4. The molecular formula is C13H26O. The zero-order valence-electron chi connectivity index (χ0n) is 10.4. The quantitative estimate of drug-likeness (QED) is 0.682. The molecule has 0 saturated heterocycles. The SMILES string of the molecule is CC(C)C1CCC(O)(C(C)(C)C)CC1. The molecule has 1 heteroatoms. The van der Waals surface area contributed by atoms with Gasteiger partial charge in [0.2, 0.25) is 0 Å². The molecule has 84 valence electrons. The van der Waals surface area contributed by atoms with E-state index in [-0.39, 0.29) is 5.41 Å². The molecule has 0 aromatic heterocycles. The summed E-state index contributed by atoms with van der Waals surface area (Å²) < 4.78 is 0. The maximum absolute atomic E-state index is 10.5. The van der Waals surface area contributed by atoms with E-state index in [1.165, 1.54) is 12.8 Å². The van der Waals surface area contributed by atoms with Crippen LogP contribution in [0.15, 0.2) is 0 Å². The molecule has 0 aromatic rings. The normalized spacial score (nSPS) is 34.9. The van der Waals surface area contributed by atoms with Crippen LogP contribution in [0.1, 0.15) is 60.3 Å². The minimum absolute atomic E-state index is 0.0367. The fourth-order valence-electron chi connectivity index (χ4n) is 2.53. The van der Waals surface area contributed by atoms with Gasteiger partial charge in [-0.3, -0.25) is 0 Å². The molecular weight excluding hydrogens is 172 g/mol. The van der Waals surface area contributed by atoms with Crippen LogP contribution in [0, 0.1) is 17.3 Å². The Balaban J connectivity index is 2.58. The second-order valence-corrected chi connectivity index (χ2v) is 6.36. The van der Waals surface area contributed by atoms with E-state index in [0.717, 1.165) is 24.7 Å². The van der Waals surface area contributed by atoms with Crippen LogP contribution in [-0.4, -0.2) is 10.7 Å². The van der Waals surface area contributed by atoms with Crippen LogP contribution in [0.3, 0.4) is 0 Å². The smallest absolute Gasteiger partial charge is 0.0696 e. The highest BCUT2D eigenvalue weighted by molar-refractivity contribution is 4.94. The first-order chi connectivity index (χ1) is 6.26. The van der Waals surface area contributed by atoms with E-state index in [4.69, 9.17) is 0 Å². The molecule has 1 rings (SSSR count). The summed E-state index contributed by atoms with van der Waals surface area (Å²) in [4.78, 5) is 0. The van der Waals surface area contributed by atoms with Crippen molar-refractivity contribution in [2.24, 2.45) is 17.3 Å². The highest BCUT2D eigenvalue weighted by Crippen LogP contribution is 2.44. The summed E-state index contributed by atoms with van der Waals surface area (Å²) in [7, 11) is 0. The number of hydrogen-bond acceptors (Lipinski definition) is 1. The molecule has 1 fully saturated rings. The first-order valence-electron chi connectivity index (χ1n) is 5.99. The van der Waals surface area contributed by atoms with Crippen molar-refractivity contribution in [3.63, 3.8) is 0 Å². The maximum atomic E-state index is 10.5.